The van der Waals surface area contributed by atoms with Crippen LogP contribution in [0, 0.1) is 5.92 Å². The van der Waals surface area contributed by atoms with Crippen molar-refractivity contribution in [1.82, 2.24) is 15.5 Å². The van der Waals surface area contributed by atoms with Gasteiger partial charge in [-0.25, -0.2) is 4.79 Å². The summed E-state index contributed by atoms with van der Waals surface area (Å²) < 4.78 is 0. The van der Waals surface area contributed by atoms with Crippen molar-refractivity contribution >= 4 is 17.9 Å². The predicted molar refractivity (Wildman–Crippen MR) is 82.5 cm³/mol. The van der Waals surface area contributed by atoms with Gasteiger partial charge in [-0.2, -0.15) is 0 Å². The predicted octanol–water partition coefficient (Wildman–Crippen LogP) is 1.19. The molecule has 0 aromatic heterocycles. The van der Waals surface area contributed by atoms with Crippen LogP contribution in [0.5, 0.6) is 0 Å². The van der Waals surface area contributed by atoms with Crippen LogP contribution in [0.15, 0.2) is 0 Å². The summed E-state index contributed by atoms with van der Waals surface area (Å²) in [7, 11) is 0. The molecule has 0 radical (unpaired) electrons. The SMILES string of the molecule is CC(C)CN(CC(=O)O)C(=O)CNC(=O)NC1CCCCC1. The van der Waals surface area contributed by atoms with Crippen molar-refractivity contribution in [3.63, 3.8) is 0 Å². The fourth-order valence-corrected chi connectivity index (χ4v) is 2.61. The number of urea groups is 1. The maximum atomic E-state index is 12.0. The van der Waals surface area contributed by atoms with E-state index in [2.05, 4.69) is 10.6 Å². The molecule has 3 N–H and O–H groups in total. The molecular formula is C15H27N3O4. The summed E-state index contributed by atoms with van der Waals surface area (Å²) in [6.45, 7) is 3.65. The molecule has 0 aromatic rings. The summed E-state index contributed by atoms with van der Waals surface area (Å²) in [5, 5.41) is 14.2. The molecule has 7 nitrogen and oxygen atoms in total. The molecule has 0 atom stereocenters. The van der Waals surface area contributed by atoms with Crippen LogP contribution < -0.4 is 10.6 Å². The van der Waals surface area contributed by atoms with Gasteiger partial charge in [0.25, 0.3) is 0 Å². The van der Waals surface area contributed by atoms with Gasteiger partial charge in [0.1, 0.15) is 6.54 Å². The number of hydrogen-bond acceptors (Lipinski definition) is 3. The maximum absolute atomic E-state index is 12.0. The Bertz CT molecular complexity index is 392. The second kappa shape index (κ2) is 9.27. The molecule has 7 heteroatoms. The molecule has 1 rings (SSSR count). The lowest BCUT2D eigenvalue weighted by molar-refractivity contribution is -0.144. The Morgan fingerprint density at radius 3 is 2.36 bits per heavy atom. The second-order valence-electron chi connectivity index (χ2n) is 6.22. The van der Waals surface area contributed by atoms with Crippen LogP contribution in [0.3, 0.4) is 0 Å². The van der Waals surface area contributed by atoms with E-state index < -0.39 is 5.97 Å². The summed E-state index contributed by atoms with van der Waals surface area (Å²) in [6, 6.07) is -0.185. The normalized spacial score (nSPS) is 15.4. The molecule has 0 aliphatic heterocycles. The molecule has 0 spiro atoms. The van der Waals surface area contributed by atoms with Gasteiger partial charge < -0.3 is 20.6 Å². The third-order valence-corrected chi connectivity index (χ3v) is 3.60. The average molecular weight is 313 g/mol. The monoisotopic (exact) mass is 313 g/mol. The molecule has 1 fully saturated rings. The summed E-state index contributed by atoms with van der Waals surface area (Å²) >= 11 is 0. The minimum absolute atomic E-state index is 0.166. The highest BCUT2D eigenvalue weighted by Crippen LogP contribution is 2.17. The zero-order valence-corrected chi connectivity index (χ0v) is 13.4. The Labute approximate surface area is 131 Å². The highest BCUT2D eigenvalue weighted by Gasteiger charge is 2.20. The van der Waals surface area contributed by atoms with E-state index in [-0.39, 0.29) is 37.0 Å². The van der Waals surface area contributed by atoms with E-state index in [1.807, 2.05) is 13.8 Å². The lowest BCUT2D eigenvalue weighted by atomic mass is 9.96. The second-order valence-corrected chi connectivity index (χ2v) is 6.22. The van der Waals surface area contributed by atoms with E-state index in [1.54, 1.807) is 0 Å². The molecule has 1 saturated carbocycles. The number of carboxylic acids is 1. The van der Waals surface area contributed by atoms with Gasteiger partial charge in [-0.15, -0.1) is 0 Å². The minimum Gasteiger partial charge on any atom is -0.480 e. The molecule has 1 aliphatic rings. The molecule has 0 unspecified atom stereocenters. The van der Waals surface area contributed by atoms with E-state index in [0.29, 0.717) is 6.54 Å². The largest absolute Gasteiger partial charge is 0.480 e. The molecule has 0 heterocycles. The highest BCUT2D eigenvalue weighted by molar-refractivity contribution is 5.86. The maximum Gasteiger partial charge on any atom is 0.323 e. The standard InChI is InChI=1S/C15H27N3O4/c1-11(2)9-18(10-14(20)21)13(19)8-16-15(22)17-12-6-4-3-5-7-12/h11-12H,3-10H2,1-2H3,(H,20,21)(H2,16,17,22). The van der Waals surface area contributed by atoms with Crippen molar-refractivity contribution in [3.05, 3.63) is 0 Å². The van der Waals surface area contributed by atoms with Crippen LogP contribution in [0.4, 0.5) is 4.79 Å². The van der Waals surface area contributed by atoms with E-state index in [0.717, 1.165) is 25.7 Å². The van der Waals surface area contributed by atoms with E-state index >= 15 is 0 Å². The van der Waals surface area contributed by atoms with Crippen LogP contribution in [0.2, 0.25) is 0 Å². The van der Waals surface area contributed by atoms with Crippen LogP contribution in [-0.4, -0.2) is 53.6 Å². The van der Waals surface area contributed by atoms with Crippen LogP contribution >= 0.6 is 0 Å². The Morgan fingerprint density at radius 1 is 1.18 bits per heavy atom. The van der Waals surface area contributed by atoms with Crippen LogP contribution in [0.25, 0.3) is 0 Å². The zero-order chi connectivity index (χ0) is 16.5. The fourth-order valence-electron chi connectivity index (χ4n) is 2.61. The van der Waals surface area contributed by atoms with Crippen molar-refractivity contribution < 1.29 is 19.5 Å². The molecular weight excluding hydrogens is 286 g/mol. The van der Waals surface area contributed by atoms with Crippen molar-refractivity contribution in [3.8, 4) is 0 Å². The molecule has 1 aliphatic carbocycles. The molecule has 3 amide bonds. The Hall–Kier alpha value is -1.79. The number of carbonyl (C=O) groups is 3. The van der Waals surface area contributed by atoms with Crippen molar-refractivity contribution in [2.24, 2.45) is 5.92 Å². The smallest absolute Gasteiger partial charge is 0.323 e. The summed E-state index contributed by atoms with van der Waals surface area (Å²) in [4.78, 5) is 35.9. The first-order chi connectivity index (χ1) is 10.4. The number of carboxylic acid groups (broad SMARTS) is 1. The Kier molecular flexibility index (Phi) is 7.70. The van der Waals surface area contributed by atoms with Crippen molar-refractivity contribution in [2.75, 3.05) is 19.6 Å². The number of amides is 3. The van der Waals surface area contributed by atoms with E-state index in [1.165, 1.54) is 11.3 Å². The lowest BCUT2D eigenvalue weighted by Crippen LogP contribution is -2.48. The van der Waals surface area contributed by atoms with Gasteiger partial charge in [-0.1, -0.05) is 33.1 Å². The Morgan fingerprint density at radius 2 is 1.82 bits per heavy atom. The van der Waals surface area contributed by atoms with Gasteiger partial charge in [-0.05, 0) is 18.8 Å². The van der Waals surface area contributed by atoms with Gasteiger partial charge in [-0.3, -0.25) is 9.59 Å². The zero-order valence-electron chi connectivity index (χ0n) is 13.4. The first kappa shape index (κ1) is 18.3. The third kappa shape index (κ3) is 7.28. The first-order valence-electron chi connectivity index (χ1n) is 7.92. The number of nitrogens with one attached hydrogen (secondary N) is 2. The lowest BCUT2D eigenvalue weighted by Gasteiger charge is -2.24. The van der Waals surface area contributed by atoms with Gasteiger partial charge in [0.2, 0.25) is 5.91 Å². The summed E-state index contributed by atoms with van der Waals surface area (Å²) in [5.41, 5.74) is 0. The average Bonchev–Trinajstić information content (AvgIpc) is 2.44. The molecule has 126 valence electrons. The first-order valence-corrected chi connectivity index (χ1v) is 7.92. The quantitative estimate of drug-likeness (QED) is 0.657. The van der Waals surface area contributed by atoms with E-state index in [4.69, 9.17) is 5.11 Å². The Balaban J connectivity index is 2.37. The van der Waals surface area contributed by atoms with Crippen molar-refractivity contribution in [1.29, 1.82) is 0 Å². The molecule has 0 saturated heterocycles. The third-order valence-electron chi connectivity index (χ3n) is 3.60. The van der Waals surface area contributed by atoms with Gasteiger partial charge in [0, 0.05) is 12.6 Å². The number of hydrogen-bond donors (Lipinski definition) is 3. The van der Waals surface area contributed by atoms with E-state index in [9.17, 15) is 14.4 Å². The van der Waals surface area contributed by atoms with Crippen LogP contribution in [0.1, 0.15) is 46.0 Å². The number of carbonyl (C=O) groups excluding carboxylic acids is 2. The van der Waals surface area contributed by atoms with Gasteiger partial charge >= 0.3 is 12.0 Å². The highest BCUT2D eigenvalue weighted by atomic mass is 16.4. The number of nitrogens with zero attached hydrogens (tertiary/aromatic N) is 1. The van der Waals surface area contributed by atoms with Crippen LogP contribution in [-0.2, 0) is 9.59 Å². The molecule has 22 heavy (non-hydrogen) atoms. The summed E-state index contributed by atoms with van der Waals surface area (Å²) in [6.07, 6.45) is 5.38. The van der Waals surface area contributed by atoms with Gasteiger partial charge in [0.05, 0.1) is 6.54 Å². The summed E-state index contributed by atoms with van der Waals surface area (Å²) in [5.74, 6) is -1.27. The minimum atomic E-state index is -1.05. The van der Waals surface area contributed by atoms with Crippen molar-refractivity contribution in [2.45, 2.75) is 52.0 Å². The number of rotatable bonds is 7. The topological polar surface area (TPSA) is 98.7 Å². The molecule has 0 bridgehead atoms. The fraction of sp³-hybridized carbons (Fsp3) is 0.800. The number of aliphatic carboxylic acids is 1. The van der Waals surface area contributed by atoms with Gasteiger partial charge in [0.15, 0.2) is 0 Å². The molecule has 0 aromatic carbocycles.